The third-order valence-electron chi connectivity index (χ3n) is 3.54. The van der Waals surface area contributed by atoms with Crippen LogP contribution in [0.3, 0.4) is 0 Å². The van der Waals surface area contributed by atoms with Crippen LogP contribution in [0.4, 0.5) is 5.69 Å². The molecular formula is C18H19ClINO2. The van der Waals surface area contributed by atoms with Gasteiger partial charge in [-0.1, -0.05) is 11.6 Å². The van der Waals surface area contributed by atoms with E-state index in [2.05, 4.69) is 27.9 Å². The lowest BCUT2D eigenvalue weighted by molar-refractivity contribution is -0.122. The van der Waals surface area contributed by atoms with Gasteiger partial charge in [-0.2, -0.15) is 0 Å². The van der Waals surface area contributed by atoms with Crippen LogP contribution < -0.4 is 10.1 Å². The van der Waals surface area contributed by atoms with Crippen LogP contribution in [0, 0.1) is 24.3 Å². The monoisotopic (exact) mass is 443 g/mol. The second kappa shape index (κ2) is 7.53. The number of hydrogen-bond acceptors (Lipinski definition) is 2. The summed E-state index contributed by atoms with van der Waals surface area (Å²) in [5.74, 6) is 0.464. The molecule has 0 unspecified atom stereocenters. The molecule has 1 N–H and O–H groups in total. The maximum Gasteiger partial charge on any atom is 0.265 e. The lowest BCUT2D eigenvalue weighted by Crippen LogP contribution is -2.30. The molecule has 0 saturated carbocycles. The minimum Gasteiger partial charge on any atom is -0.481 e. The lowest BCUT2D eigenvalue weighted by atomic mass is 10.1. The first kappa shape index (κ1) is 18.1. The van der Waals surface area contributed by atoms with Gasteiger partial charge in [0.25, 0.3) is 5.91 Å². The summed E-state index contributed by atoms with van der Waals surface area (Å²) in [5, 5.41) is 3.63. The Balaban J connectivity index is 2.08. The van der Waals surface area contributed by atoms with Crippen molar-refractivity contribution >= 4 is 45.8 Å². The van der Waals surface area contributed by atoms with Gasteiger partial charge in [-0.3, -0.25) is 4.79 Å². The van der Waals surface area contributed by atoms with E-state index in [0.717, 1.165) is 31.0 Å². The average molecular weight is 444 g/mol. The van der Waals surface area contributed by atoms with Crippen LogP contribution in [-0.2, 0) is 4.79 Å². The number of rotatable bonds is 4. The number of carbonyl (C=O) groups excluding carboxylic acids is 1. The minimum atomic E-state index is -0.603. The molecule has 2 rings (SSSR count). The summed E-state index contributed by atoms with van der Waals surface area (Å²) in [6.07, 6.45) is -0.603. The Labute approximate surface area is 155 Å². The van der Waals surface area contributed by atoms with E-state index >= 15 is 0 Å². The van der Waals surface area contributed by atoms with Gasteiger partial charge in [0.1, 0.15) is 5.75 Å². The Bertz CT molecular complexity index is 723. The number of carbonyl (C=O) groups is 1. The minimum absolute atomic E-state index is 0.181. The Morgan fingerprint density at radius 1 is 1.13 bits per heavy atom. The fourth-order valence-electron chi connectivity index (χ4n) is 2.23. The highest BCUT2D eigenvalue weighted by Gasteiger charge is 2.16. The highest BCUT2D eigenvalue weighted by molar-refractivity contribution is 14.1. The van der Waals surface area contributed by atoms with Gasteiger partial charge < -0.3 is 10.1 Å². The number of ether oxygens (including phenoxy) is 1. The van der Waals surface area contributed by atoms with Gasteiger partial charge in [-0.25, -0.2) is 0 Å². The van der Waals surface area contributed by atoms with E-state index in [0.29, 0.717) is 5.75 Å². The molecule has 0 aliphatic carbocycles. The van der Waals surface area contributed by atoms with Crippen molar-refractivity contribution in [3.63, 3.8) is 0 Å². The molecule has 0 aliphatic heterocycles. The molecule has 1 amide bonds. The molecule has 0 bridgehead atoms. The summed E-state index contributed by atoms with van der Waals surface area (Å²) in [7, 11) is 0. The van der Waals surface area contributed by atoms with E-state index in [1.807, 2.05) is 51.1 Å². The molecule has 0 fully saturated rings. The predicted octanol–water partition coefficient (Wildman–Crippen LogP) is 5.28. The predicted molar refractivity (Wildman–Crippen MR) is 104 cm³/mol. The molecule has 3 nitrogen and oxygen atoms in total. The molecule has 5 heteroatoms. The van der Waals surface area contributed by atoms with Crippen molar-refractivity contribution in [2.45, 2.75) is 33.8 Å². The molecule has 0 aromatic heterocycles. The molecular weight excluding hydrogens is 425 g/mol. The normalized spacial score (nSPS) is 11.9. The molecule has 122 valence electrons. The van der Waals surface area contributed by atoms with E-state index < -0.39 is 6.10 Å². The highest BCUT2D eigenvalue weighted by Crippen LogP contribution is 2.26. The SMILES string of the molecule is Cc1cc(I)ccc1NC(=O)[C@@H](C)Oc1cc(C)c(Cl)c(C)c1. The molecule has 0 radical (unpaired) electrons. The molecule has 23 heavy (non-hydrogen) atoms. The van der Waals surface area contributed by atoms with Crippen LogP contribution >= 0.6 is 34.2 Å². The summed E-state index contributed by atoms with van der Waals surface area (Å²) in [6.45, 7) is 7.54. The first-order valence-corrected chi connectivity index (χ1v) is 8.74. The number of benzene rings is 2. The molecule has 0 spiro atoms. The summed E-state index contributed by atoms with van der Waals surface area (Å²) < 4.78 is 6.89. The van der Waals surface area contributed by atoms with Gasteiger partial charge in [0, 0.05) is 14.3 Å². The molecule has 2 aromatic carbocycles. The van der Waals surface area contributed by atoms with Gasteiger partial charge >= 0.3 is 0 Å². The zero-order chi connectivity index (χ0) is 17.1. The highest BCUT2D eigenvalue weighted by atomic mass is 127. The van der Waals surface area contributed by atoms with Crippen LogP contribution in [0.1, 0.15) is 23.6 Å². The van der Waals surface area contributed by atoms with Crippen LogP contribution in [0.5, 0.6) is 5.75 Å². The Kier molecular flexibility index (Phi) is 5.92. The van der Waals surface area contributed by atoms with E-state index in [9.17, 15) is 4.79 Å². The van der Waals surface area contributed by atoms with Crippen LogP contribution in [0.25, 0.3) is 0 Å². The summed E-state index contributed by atoms with van der Waals surface area (Å²) in [6, 6.07) is 9.57. The molecule has 0 heterocycles. The number of halogens is 2. The van der Waals surface area contributed by atoms with Gasteiger partial charge in [0.05, 0.1) is 0 Å². The van der Waals surface area contributed by atoms with Crippen LogP contribution in [0.2, 0.25) is 5.02 Å². The largest absolute Gasteiger partial charge is 0.481 e. The van der Waals surface area contributed by atoms with Crippen molar-refractivity contribution in [2.24, 2.45) is 0 Å². The third kappa shape index (κ3) is 4.61. The average Bonchev–Trinajstić information content (AvgIpc) is 2.47. The number of aryl methyl sites for hydroxylation is 3. The second-order valence-corrected chi connectivity index (χ2v) is 7.20. The number of anilines is 1. The Morgan fingerprint density at radius 3 is 2.30 bits per heavy atom. The third-order valence-corrected chi connectivity index (χ3v) is 4.81. The Morgan fingerprint density at radius 2 is 1.74 bits per heavy atom. The fraction of sp³-hybridized carbons (Fsp3) is 0.278. The van der Waals surface area contributed by atoms with Crippen molar-refractivity contribution in [3.8, 4) is 5.75 Å². The van der Waals surface area contributed by atoms with Crippen molar-refractivity contribution in [3.05, 3.63) is 55.6 Å². The van der Waals surface area contributed by atoms with E-state index in [1.165, 1.54) is 0 Å². The standard InChI is InChI=1S/C18H19ClINO2/c1-10-7-14(20)5-6-16(10)21-18(22)13(4)23-15-8-11(2)17(19)12(3)9-15/h5-9,13H,1-4H3,(H,21,22)/t13-/m1/s1. The molecule has 0 saturated heterocycles. The number of amides is 1. The lowest BCUT2D eigenvalue weighted by Gasteiger charge is -2.17. The van der Waals surface area contributed by atoms with Crippen molar-refractivity contribution in [2.75, 3.05) is 5.32 Å². The van der Waals surface area contributed by atoms with E-state index in [-0.39, 0.29) is 5.91 Å². The molecule has 1 atom stereocenters. The van der Waals surface area contributed by atoms with Gasteiger partial charge in [0.15, 0.2) is 6.10 Å². The zero-order valence-corrected chi connectivity index (χ0v) is 16.4. The van der Waals surface area contributed by atoms with Crippen molar-refractivity contribution in [1.29, 1.82) is 0 Å². The molecule has 2 aromatic rings. The zero-order valence-electron chi connectivity index (χ0n) is 13.5. The summed E-state index contributed by atoms with van der Waals surface area (Å²) in [4.78, 5) is 12.3. The van der Waals surface area contributed by atoms with Crippen molar-refractivity contribution in [1.82, 2.24) is 0 Å². The first-order chi connectivity index (χ1) is 10.8. The van der Waals surface area contributed by atoms with Crippen LogP contribution in [-0.4, -0.2) is 12.0 Å². The smallest absolute Gasteiger partial charge is 0.265 e. The topological polar surface area (TPSA) is 38.3 Å². The summed E-state index contributed by atoms with van der Waals surface area (Å²) >= 11 is 8.40. The van der Waals surface area contributed by atoms with Crippen LogP contribution in [0.15, 0.2) is 30.3 Å². The van der Waals surface area contributed by atoms with Crippen molar-refractivity contribution < 1.29 is 9.53 Å². The van der Waals surface area contributed by atoms with Gasteiger partial charge in [0.2, 0.25) is 0 Å². The maximum atomic E-state index is 12.3. The van der Waals surface area contributed by atoms with E-state index in [4.69, 9.17) is 16.3 Å². The quantitative estimate of drug-likeness (QED) is 0.653. The Hall–Kier alpha value is -1.27. The second-order valence-electron chi connectivity index (χ2n) is 5.58. The first-order valence-electron chi connectivity index (χ1n) is 7.28. The maximum absolute atomic E-state index is 12.3. The number of nitrogens with one attached hydrogen (secondary N) is 1. The molecule has 0 aliphatic rings. The van der Waals surface area contributed by atoms with Gasteiger partial charge in [-0.15, -0.1) is 0 Å². The van der Waals surface area contributed by atoms with Gasteiger partial charge in [-0.05, 0) is 97.3 Å². The number of hydrogen-bond donors (Lipinski definition) is 1. The van der Waals surface area contributed by atoms with E-state index in [1.54, 1.807) is 6.92 Å². The summed E-state index contributed by atoms with van der Waals surface area (Å²) in [5.41, 5.74) is 3.69. The fourth-order valence-corrected chi connectivity index (χ4v) is 2.99.